The average molecular weight is 379 g/mol. The van der Waals surface area contributed by atoms with Crippen molar-refractivity contribution in [2.75, 3.05) is 6.54 Å². The maximum Gasteiger partial charge on any atom is 0.244 e. The van der Waals surface area contributed by atoms with Crippen molar-refractivity contribution in [3.8, 4) is 0 Å². The van der Waals surface area contributed by atoms with E-state index in [-0.39, 0.29) is 6.04 Å². The van der Waals surface area contributed by atoms with Crippen molar-refractivity contribution in [3.05, 3.63) is 28.2 Å². The van der Waals surface area contributed by atoms with Gasteiger partial charge in [0, 0.05) is 22.9 Å². The van der Waals surface area contributed by atoms with Crippen LogP contribution in [-0.4, -0.2) is 25.3 Å². The van der Waals surface area contributed by atoms with Gasteiger partial charge in [-0.2, -0.15) is 4.31 Å². The van der Waals surface area contributed by atoms with Crippen LogP contribution in [0.25, 0.3) is 0 Å². The summed E-state index contributed by atoms with van der Waals surface area (Å²) in [5.74, 6) is 0.877. The molecule has 1 aromatic carbocycles. The number of rotatable bonds is 6. The van der Waals surface area contributed by atoms with Gasteiger partial charge in [0.15, 0.2) is 0 Å². The lowest BCUT2D eigenvalue weighted by Gasteiger charge is -2.22. The van der Waals surface area contributed by atoms with E-state index in [1.54, 1.807) is 16.4 Å². The highest BCUT2D eigenvalue weighted by atomic mass is 79.9. The van der Waals surface area contributed by atoms with Gasteiger partial charge in [-0.1, -0.05) is 6.07 Å². The van der Waals surface area contributed by atoms with Gasteiger partial charge < -0.3 is 0 Å². The Morgan fingerprint density at radius 2 is 1.95 bits per heavy atom. The molecular formula is C14H17BrClNO2S. The third-order valence-corrected chi connectivity index (χ3v) is 7.05. The lowest BCUT2D eigenvalue weighted by molar-refractivity contribution is 0.388. The third kappa shape index (κ3) is 3.06. The standard InChI is InChI=1S/C14H17BrClNO2S/c15-13-6-3-11(8-16)7-14(13)20(18,19)17(12-4-5-12)9-10-1-2-10/h3,6-7,10,12H,1-2,4-5,8-9H2. The zero-order chi connectivity index (χ0) is 14.3. The summed E-state index contributed by atoms with van der Waals surface area (Å²) >= 11 is 9.19. The summed E-state index contributed by atoms with van der Waals surface area (Å²) in [7, 11) is -3.43. The fourth-order valence-corrected chi connectivity index (χ4v) is 5.22. The molecule has 110 valence electrons. The number of hydrogen-bond donors (Lipinski definition) is 0. The molecule has 2 aliphatic carbocycles. The summed E-state index contributed by atoms with van der Waals surface area (Å²) in [6.07, 6.45) is 4.28. The molecule has 0 bridgehead atoms. The van der Waals surface area contributed by atoms with Gasteiger partial charge in [-0.25, -0.2) is 8.42 Å². The molecule has 2 fully saturated rings. The molecule has 6 heteroatoms. The van der Waals surface area contributed by atoms with E-state index >= 15 is 0 Å². The summed E-state index contributed by atoms with van der Waals surface area (Å²) in [4.78, 5) is 0.350. The van der Waals surface area contributed by atoms with Crippen molar-refractivity contribution in [3.63, 3.8) is 0 Å². The van der Waals surface area contributed by atoms with Gasteiger partial charge in [0.1, 0.15) is 0 Å². The Labute approximate surface area is 133 Å². The minimum atomic E-state index is -3.43. The van der Waals surface area contributed by atoms with Crippen LogP contribution in [0.4, 0.5) is 0 Å². The largest absolute Gasteiger partial charge is 0.244 e. The summed E-state index contributed by atoms with van der Waals surface area (Å²) in [5, 5.41) is 0. The maximum absolute atomic E-state index is 12.9. The number of hydrogen-bond acceptors (Lipinski definition) is 2. The highest BCUT2D eigenvalue weighted by molar-refractivity contribution is 9.10. The lowest BCUT2D eigenvalue weighted by Crippen LogP contribution is -2.35. The first kappa shape index (κ1) is 14.8. The zero-order valence-electron chi connectivity index (χ0n) is 11.1. The Balaban J connectivity index is 1.96. The zero-order valence-corrected chi connectivity index (χ0v) is 14.2. The molecule has 0 aromatic heterocycles. The fraction of sp³-hybridized carbons (Fsp3) is 0.571. The fourth-order valence-electron chi connectivity index (χ4n) is 2.32. The molecule has 0 N–H and O–H groups in total. The topological polar surface area (TPSA) is 37.4 Å². The van der Waals surface area contributed by atoms with Crippen molar-refractivity contribution in [1.82, 2.24) is 4.31 Å². The molecule has 0 atom stereocenters. The van der Waals surface area contributed by atoms with Gasteiger partial charge >= 0.3 is 0 Å². The SMILES string of the molecule is O=S(=O)(c1cc(CCl)ccc1Br)N(CC1CC1)C1CC1. The normalized spacial score (nSPS) is 19.6. The van der Waals surface area contributed by atoms with E-state index in [1.807, 2.05) is 6.07 Å². The Bertz CT molecular complexity index is 612. The summed E-state index contributed by atoms with van der Waals surface area (Å²) in [6, 6.07) is 5.51. The van der Waals surface area contributed by atoms with Gasteiger partial charge in [0.2, 0.25) is 10.0 Å². The predicted molar refractivity (Wildman–Crippen MR) is 83.3 cm³/mol. The van der Waals surface area contributed by atoms with E-state index in [0.717, 1.165) is 31.2 Å². The average Bonchev–Trinajstić information content (AvgIpc) is 3.28. The second-order valence-corrected chi connectivity index (χ2v) is 8.63. The van der Waals surface area contributed by atoms with Crippen molar-refractivity contribution >= 4 is 37.6 Å². The summed E-state index contributed by atoms with van der Waals surface area (Å²) in [5.41, 5.74) is 0.829. The molecule has 3 nitrogen and oxygen atoms in total. The molecule has 0 unspecified atom stereocenters. The predicted octanol–water partition coefficient (Wildman–Crippen LogP) is 3.75. The van der Waals surface area contributed by atoms with E-state index < -0.39 is 10.0 Å². The van der Waals surface area contributed by atoms with Gasteiger partial charge in [0.05, 0.1) is 4.90 Å². The quantitative estimate of drug-likeness (QED) is 0.707. The van der Waals surface area contributed by atoms with E-state index in [9.17, 15) is 8.42 Å². The van der Waals surface area contributed by atoms with E-state index in [0.29, 0.717) is 27.7 Å². The monoisotopic (exact) mass is 377 g/mol. The molecule has 0 spiro atoms. The Morgan fingerprint density at radius 1 is 1.25 bits per heavy atom. The second-order valence-electron chi connectivity index (χ2n) is 5.65. The second kappa shape index (κ2) is 5.59. The molecule has 2 saturated carbocycles. The molecule has 0 radical (unpaired) electrons. The van der Waals surface area contributed by atoms with Crippen LogP contribution in [0, 0.1) is 5.92 Å². The van der Waals surface area contributed by atoms with Gasteiger partial charge in [-0.3, -0.25) is 0 Å². The van der Waals surface area contributed by atoms with Crippen LogP contribution in [0.5, 0.6) is 0 Å². The van der Waals surface area contributed by atoms with Crippen LogP contribution in [0.1, 0.15) is 31.2 Å². The van der Waals surface area contributed by atoms with Crippen LogP contribution in [0.2, 0.25) is 0 Å². The van der Waals surface area contributed by atoms with Crippen molar-refractivity contribution < 1.29 is 8.42 Å². The molecule has 3 rings (SSSR count). The minimum Gasteiger partial charge on any atom is -0.207 e. The van der Waals surface area contributed by atoms with Gasteiger partial charge in [-0.05, 0) is 65.2 Å². The Morgan fingerprint density at radius 3 is 2.50 bits per heavy atom. The molecule has 0 amide bonds. The number of benzene rings is 1. The molecule has 0 heterocycles. The molecule has 1 aromatic rings. The number of sulfonamides is 1. The first-order chi connectivity index (χ1) is 9.52. The molecular weight excluding hydrogens is 362 g/mol. The van der Waals surface area contributed by atoms with E-state index in [1.165, 1.54) is 0 Å². The van der Waals surface area contributed by atoms with Crippen LogP contribution in [0.3, 0.4) is 0 Å². The van der Waals surface area contributed by atoms with Crippen molar-refractivity contribution in [2.45, 2.75) is 42.5 Å². The number of nitrogens with zero attached hydrogens (tertiary/aromatic N) is 1. The summed E-state index contributed by atoms with van der Waals surface area (Å²) < 4.78 is 28.2. The van der Waals surface area contributed by atoms with Gasteiger partial charge in [-0.15, -0.1) is 11.6 Å². The van der Waals surface area contributed by atoms with Gasteiger partial charge in [0.25, 0.3) is 0 Å². The van der Waals surface area contributed by atoms with Crippen molar-refractivity contribution in [2.24, 2.45) is 5.92 Å². The van der Waals surface area contributed by atoms with E-state index in [4.69, 9.17) is 11.6 Å². The molecule has 0 aliphatic heterocycles. The number of alkyl halides is 1. The smallest absolute Gasteiger partial charge is 0.207 e. The highest BCUT2D eigenvalue weighted by Gasteiger charge is 2.41. The van der Waals surface area contributed by atoms with Crippen LogP contribution in [0.15, 0.2) is 27.6 Å². The minimum absolute atomic E-state index is 0.201. The first-order valence-corrected chi connectivity index (χ1v) is 9.65. The third-order valence-electron chi connectivity index (χ3n) is 3.83. The first-order valence-electron chi connectivity index (χ1n) is 6.88. The Kier molecular flexibility index (Phi) is 4.15. The van der Waals surface area contributed by atoms with Crippen molar-refractivity contribution in [1.29, 1.82) is 0 Å². The van der Waals surface area contributed by atoms with Crippen LogP contribution < -0.4 is 0 Å². The van der Waals surface area contributed by atoms with E-state index in [2.05, 4.69) is 15.9 Å². The number of halogens is 2. The summed E-state index contributed by atoms with van der Waals surface area (Å²) in [6.45, 7) is 0.671. The van der Waals surface area contributed by atoms with Crippen LogP contribution in [-0.2, 0) is 15.9 Å². The maximum atomic E-state index is 12.9. The molecule has 20 heavy (non-hydrogen) atoms. The molecule has 2 aliphatic rings. The lowest BCUT2D eigenvalue weighted by atomic mass is 10.2. The molecule has 0 saturated heterocycles. The van der Waals surface area contributed by atoms with Crippen LogP contribution >= 0.6 is 27.5 Å². The Hall–Kier alpha value is -0.100. The highest BCUT2D eigenvalue weighted by Crippen LogP contribution is 2.39.